The van der Waals surface area contributed by atoms with E-state index in [2.05, 4.69) is 10.3 Å². The lowest BCUT2D eigenvalue weighted by Crippen LogP contribution is -2.30. The van der Waals surface area contributed by atoms with Crippen molar-refractivity contribution < 1.29 is 4.39 Å². The number of halogens is 1. The van der Waals surface area contributed by atoms with E-state index in [-0.39, 0.29) is 5.92 Å². The van der Waals surface area contributed by atoms with Gasteiger partial charge in [0.05, 0.1) is 0 Å². The Hall–Kier alpha value is -1.16. The number of piperidine rings is 1. The first-order valence-corrected chi connectivity index (χ1v) is 5.76. The number of nitrogens with zero attached hydrogens (tertiary/aromatic N) is 1. The van der Waals surface area contributed by atoms with Gasteiger partial charge < -0.3 is 11.1 Å². The number of anilines is 1. The molecule has 3 nitrogen and oxygen atoms in total. The predicted octanol–water partition coefficient (Wildman–Crippen LogP) is 1.98. The molecule has 0 aromatic carbocycles. The molecule has 0 spiro atoms. The third kappa shape index (κ3) is 2.16. The molecule has 1 aromatic rings. The Labute approximate surface area is 95.3 Å². The maximum atomic E-state index is 14.4. The zero-order chi connectivity index (χ0) is 11.5. The van der Waals surface area contributed by atoms with Crippen LogP contribution in [-0.4, -0.2) is 18.1 Å². The highest BCUT2D eigenvalue weighted by Gasteiger charge is 2.27. The molecule has 0 radical (unpaired) electrons. The van der Waals surface area contributed by atoms with E-state index in [1.165, 1.54) is 0 Å². The van der Waals surface area contributed by atoms with Crippen molar-refractivity contribution in [2.24, 2.45) is 5.92 Å². The summed E-state index contributed by atoms with van der Waals surface area (Å²) in [6, 6.07) is 1.82. The number of pyridine rings is 1. The molecule has 2 rings (SSSR count). The lowest BCUT2D eigenvalue weighted by atomic mass is 9.88. The number of aromatic nitrogens is 1. The topological polar surface area (TPSA) is 50.9 Å². The Morgan fingerprint density at radius 1 is 1.50 bits per heavy atom. The molecule has 0 aliphatic carbocycles. The van der Waals surface area contributed by atoms with Crippen molar-refractivity contribution in [3.8, 4) is 0 Å². The van der Waals surface area contributed by atoms with Crippen LogP contribution in [0, 0.1) is 12.8 Å². The van der Waals surface area contributed by atoms with Crippen molar-refractivity contribution in [1.82, 2.24) is 10.3 Å². The van der Waals surface area contributed by atoms with E-state index in [1.807, 2.05) is 13.0 Å². The molecule has 1 aromatic heterocycles. The van der Waals surface area contributed by atoms with Gasteiger partial charge in [-0.2, -0.15) is 0 Å². The average molecular weight is 223 g/mol. The summed E-state index contributed by atoms with van der Waals surface area (Å²) < 4.78 is 14.4. The summed E-state index contributed by atoms with van der Waals surface area (Å²) in [4.78, 5) is 3.98. The molecule has 16 heavy (non-hydrogen) atoms. The zero-order valence-corrected chi connectivity index (χ0v) is 9.54. The van der Waals surface area contributed by atoms with Gasteiger partial charge in [0, 0.05) is 11.8 Å². The first-order chi connectivity index (χ1) is 7.70. The van der Waals surface area contributed by atoms with Crippen LogP contribution in [0.2, 0.25) is 0 Å². The predicted molar refractivity (Wildman–Crippen MR) is 62.8 cm³/mol. The van der Waals surface area contributed by atoms with E-state index in [4.69, 9.17) is 5.73 Å². The molecule has 0 amide bonds. The van der Waals surface area contributed by atoms with E-state index in [0.29, 0.717) is 11.4 Å². The van der Waals surface area contributed by atoms with Crippen LogP contribution in [0.25, 0.3) is 0 Å². The third-order valence-corrected chi connectivity index (χ3v) is 3.31. The van der Waals surface area contributed by atoms with Crippen molar-refractivity contribution in [3.63, 3.8) is 0 Å². The highest BCUT2D eigenvalue weighted by molar-refractivity contribution is 5.45. The van der Waals surface area contributed by atoms with E-state index >= 15 is 0 Å². The molecule has 1 fully saturated rings. The van der Waals surface area contributed by atoms with Gasteiger partial charge in [0.1, 0.15) is 12.0 Å². The second kappa shape index (κ2) is 4.78. The first kappa shape index (κ1) is 11.3. The fraction of sp³-hybridized carbons (Fsp3) is 0.583. The van der Waals surface area contributed by atoms with Gasteiger partial charge in [0.15, 0.2) is 0 Å². The molecule has 4 heteroatoms. The maximum absolute atomic E-state index is 14.4. The third-order valence-electron chi connectivity index (χ3n) is 3.31. The van der Waals surface area contributed by atoms with Crippen LogP contribution in [0.5, 0.6) is 0 Å². The lowest BCUT2D eigenvalue weighted by Gasteiger charge is -2.27. The van der Waals surface area contributed by atoms with Crippen molar-refractivity contribution in [2.75, 3.05) is 18.8 Å². The molecule has 1 saturated heterocycles. The smallest absolute Gasteiger partial charge is 0.132 e. The molecule has 1 aliphatic rings. The van der Waals surface area contributed by atoms with Crippen LogP contribution in [0.3, 0.4) is 0 Å². The van der Waals surface area contributed by atoms with Gasteiger partial charge in [-0.15, -0.1) is 0 Å². The molecule has 1 unspecified atom stereocenters. The zero-order valence-electron chi connectivity index (χ0n) is 9.54. The van der Waals surface area contributed by atoms with Gasteiger partial charge in [0.2, 0.25) is 0 Å². The van der Waals surface area contributed by atoms with Crippen LogP contribution < -0.4 is 11.1 Å². The second-order valence-electron chi connectivity index (χ2n) is 4.42. The molecule has 3 N–H and O–H groups in total. The SMILES string of the molecule is Cc1ccnc(N)c1C(F)C1CCNCC1. The summed E-state index contributed by atoms with van der Waals surface area (Å²) in [7, 11) is 0. The number of nitrogen functional groups attached to an aromatic ring is 1. The lowest BCUT2D eigenvalue weighted by molar-refractivity contribution is 0.190. The molecule has 1 atom stereocenters. The van der Waals surface area contributed by atoms with Crippen molar-refractivity contribution in [1.29, 1.82) is 0 Å². The number of aryl methyl sites for hydroxylation is 1. The van der Waals surface area contributed by atoms with E-state index in [0.717, 1.165) is 31.5 Å². The van der Waals surface area contributed by atoms with E-state index in [1.54, 1.807) is 6.20 Å². The fourth-order valence-corrected chi connectivity index (χ4v) is 2.32. The van der Waals surface area contributed by atoms with Gasteiger partial charge in [-0.1, -0.05) is 0 Å². The molecular formula is C12H18FN3. The Morgan fingerprint density at radius 3 is 2.81 bits per heavy atom. The van der Waals surface area contributed by atoms with Crippen LogP contribution in [-0.2, 0) is 0 Å². The molecular weight excluding hydrogens is 205 g/mol. The van der Waals surface area contributed by atoms with Crippen molar-refractivity contribution >= 4 is 5.82 Å². The summed E-state index contributed by atoms with van der Waals surface area (Å²) in [6.07, 6.45) is 2.39. The standard InChI is InChI=1S/C12H18FN3/c1-8-2-7-16-12(14)10(8)11(13)9-3-5-15-6-4-9/h2,7,9,11,15H,3-6H2,1H3,(H2,14,16). The Morgan fingerprint density at radius 2 is 2.19 bits per heavy atom. The van der Waals surface area contributed by atoms with E-state index < -0.39 is 6.17 Å². The normalized spacial score (nSPS) is 19.6. The quantitative estimate of drug-likeness (QED) is 0.806. The number of hydrogen-bond donors (Lipinski definition) is 2. The minimum atomic E-state index is -0.976. The summed E-state index contributed by atoms with van der Waals surface area (Å²) in [6.45, 7) is 3.68. The molecule has 0 bridgehead atoms. The van der Waals surface area contributed by atoms with Crippen molar-refractivity contribution in [2.45, 2.75) is 25.9 Å². The van der Waals surface area contributed by atoms with Gasteiger partial charge in [0.25, 0.3) is 0 Å². The molecule has 1 aliphatic heterocycles. The minimum absolute atomic E-state index is 0.0754. The summed E-state index contributed by atoms with van der Waals surface area (Å²) >= 11 is 0. The van der Waals surface area contributed by atoms with Gasteiger partial charge in [-0.05, 0) is 50.4 Å². The summed E-state index contributed by atoms with van der Waals surface area (Å²) in [5.74, 6) is 0.414. The van der Waals surface area contributed by atoms with E-state index in [9.17, 15) is 4.39 Å². The van der Waals surface area contributed by atoms with Crippen LogP contribution in [0.15, 0.2) is 12.3 Å². The number of nitrogens with one attached hydrogen (secondary N) is 1. The Kier molecular flexibility index (Phi) is 3.39. The molecule has 2 heterocycles. The highest BCUT2D eigenvalue weighted by atomic mass is 19.1. The second-order valence-corrected chi connectivity index (χ2v) is 4.42. The minimum Gasteiger partial charge on any atom is -0.383 e. The van der Waals surface area contributed by atoms with Crippen LogP contribution in [0.4, 0.5) is 10.2 Å². The largest absolute Gasteiger partial charge is 0.383 e. The summed E-state index contributed by atoms with van der Waals surface area (Å²) in [5.41, 5.74) is 7.26. The van der Waals surface area contributed by atoms with Gasteiger partial charge in [-0.3, -0.25) is 0 Å². The number of nitrogens with two attached hydrogens (primary N) is 1. The Bertz CT molecular complexity index is 341. The maximum Gasteiger partial charge on any atom is 0.132 e. The molecule has 88 valence electrons. The first-order valence-electron chi connectivity index (χ1n) is 5.76. The number of rotatable bonds is 2. The van der Waals surface area contributed by atoms with Gasteiger partial charge >= 0.3 is 0 Å². The highest BCUT2D eigenvalue weighted by Crippen LogP contribution is 2.36. The average Bonchev–Trinajstić information content (AvgIpc) is 2.30. The Balaban J connectivity index is 2.22. The number of alkyl halides is 1. The van der Waals surface area contributed by atoms with Crippen LogP contribution >= 0.6 is 0 Å². The summed E-state index contributed by atoms with van der Waals surface area (Å²) in [5, 5.41) is 3.24. The van der Waals surface area contributed by atoms with Crippen LogP contribution in [0.1, 0.15) is 30.1 Å². The molecule has 0 saturated carbocycles. The monoisotopic (exact) mass is 223 g/mol. The van der Waals surface area contributed by atoms with Crippen molar-refractivity contribution in [3.05, 3.63) is 23.4 Å². The number of hydrogen-bond acceptors (Lipinski definition) is 3. The fourth-order valence-electron chi connectivity index (χ4n) is 2.32. The van der Waals surface area contributed by atoms with Gasteiger partial charge in [-0.25, -0.2) is 9.37 Å².